The van der Waals surface area contributed by atoms with Gasteiger partial charge in [-0.1, -0.05) is 27.2 Å². The Morgan fingerprint density at radius 2 is 1.94 bits per heavy atom. The number of alkyl halides is 1. The van der Waals surface area contributed by atoms with Crippen LogP contribution in [0.4, 0.5) is 0 Å². The van der Waals surface area contributed by atoms with Gasteiger partial charge in [-0.2, -0.15) is 0 Å². The Labute approximate surface area is 110 Å². The van der Waals surface area contributed by atoms with Crippen molar-refractivity contribution in [2.75, 3.05) is 11.6 Å². The molecule has 0 saturated heterocycles. The first-order valence-corrected chi connectivity index (χ1v) is 8.48. The van der Waals surface area contributed by atoms with E-state index >= 15 is 0 Å². The zero-order valence-corrected chi connectivity index (χ0v) is 12.6. The molecule has 0 heterocycles. The largest absolute Gasteiger partial charge is 0.212 e. The molecule has 1 rings (SSSR count). The number of hydrogen-bond donors (Lipinski definition) is 1. The number of hydrogen-bond acceptors (Lipinski definition) is 2. The third kappa shape index (κ3) is 5.58. The highest BCUT2D eigenvalue weighted by atomic mass is 35.5. The highest BCUT2D eigenvalue weighted by molar-refractivity contribution is 7.89. The molecule has 1 aliphatic rings. The van der Waals surface area contributed by atoms with E-state index in [0.29, 0.717) is 18.2 Å². The zero-order valence-electron chi connectivity index (χ0n) is 11.0. The smallest absolute Gasteiger partial charge is 0.211 e. The van der Waals surface area contributed by atoms with Crippen LogP contribution in [0.5, 0.6) is 0 Å². The van der Waals surface area contributed by atoms with Gasteiger partial charge in [0.2, 0.25) is 10.0 Å². The van der Waals surface area contributed by atoms with Gasteiger partial charge in [0.15, 0.2) is 0 Å². The third-order valence-electron chi connectivity index (χ3n) is 3.31. The van der Waals surface area contributed by atoms with Gasteiger partial charge in [0.1, 0.15) is 0 Å². The SMILES string of the molecule is CC(C)(C)CCS(=O)(=O)NC1CCCC1CCl. The molecule has 0 bridgehead atoms. The summed E-state index contributed by atoms with van der Waals surface area (Å²) in [4.78, 5) is 0. The minimum absolute atomic E-state index is 0.0519. The Hall–Kier alpha value is 0.200. The van der Waals surface area contributed by atoms with Crippen molar-refractivity contribution in [2.24, 2.45) is 11.3 Å². The molecule has 0 aromatic heterocycles. The quantitative estimate of drug-likeness (QED) is 0.788. The molecule has 1 saturated carbocycles. The van der Waals surface area contributed by atoms with E-state index in [1.165, 1.54) is 0 Å². The lowest BCUT2D eigenvalue weighted by Gasteiger charge is -2.21. The molecule has 0 radical (unpaired) electrons. The summed E-state index contributed by atoms with van der Waals surface area (Å²) in [6.45, 7) is 6.17. The highest BCUT2D eigenvalue weighted by Crippen LogP contribution is 2.27. The van der Waals surface area contributed by atoms with Crippen LogP contribution < -0.4 is 4.72 Å². The topological polar surface area (TPSA) is 46.2 Å². The lowest BCUT2D eigenvalue weighted by atomic mass is 9.94. The van der Waals surface area contributed by atoms with Gasteiger partial charge in [0, 0.05) is 11.9 Å². The number of sulfonamides is 1. The Bertz CT molecular complexity index is 335. The molecule has 0 aromatic carbocycles. The standard InChI is InChI=1S/C12H24ClNO2S/c1-12(2,3)7-8-17(15,16)14-11-6-4-5-10(11)9-13/h10-11,14H,4-9H2,1-3H3. The monoisotopic (exact) mass is 281 g/mol. The fraction of sp³-hybridized carbons (Fsp3) is 1.00. The van der Waals surface area contributed by atoms with Gasteiger partial charge in [0.05, 0.1) is 5.75 Å². The van der Waals surface area contributed by atoms with Crippen LogP contribution in [-0.2, 0) is 10.0 Å². The molecule has 1 aliphatic carbocycles. The first-order chi connectivity index (χ1) is 7.73. The van der Waals surface area contributed by atoms with Gasteiger partial charge < -0.3 is 0 Å². The molecular weight excluding hydrogens is 258 g/mol. The van der Waals surface area contributed by atoms with Crippen molar-refractivity contribution in [3.05, 3.63) is 0 Å². The summed E-state index contributed by atoms with van der Waals surface area (Å²) in [5.41, 5.74) is 0.0519. The minimum Gasteiger partial charge on any atom is -0.212 e. The van der Waals surface area contributed by atoms with Crippen molar-refractivity contribution in [3.8, 4) is 0 Å². The van der Waals surface area contributed by atoms with Crippen LogP contribution in [0.3, 0.4) is 0 Å². The van der Waals surface area contributed by atoms with Gasteiger partial charge in [-0.25, -0.2) is 13.1 Å². The van der Waals surface area contributed by atoms with Gasteiger partial charge in [-0.3, -0.25) is 0 Å². The molecule has 1 N–H and O–H groups in total. The van der Waals surface area contributed by atoms with Crippen molar-refractivity contribution < 1.29 is 8.42 Å². The van der Waals surface area contributed by atoms with E-state index in [0.717, 1.165) is 19.3 Å². The second kappa shape index (κ2) is 5.89. The van der Waals surface area contributed by atoms with Crippen molar-refractivity contribution in [1.82, 2.24) is 4.72 Å². The maximum atomic E-state index is 11.9. The molecule has 3 nitrogen and oxygen atoms in total. The lowest BCUT2D eigenvalue weighted by Crippen LogP contribution is -2.39. The van der Waals surface area contributed by atoms with Crippen LogP contribution in [0, 0.1) is 11.3 Å². The zero-order chi connectivity index (χ0) is 13.1. The van der Waals surface area contributed by atoms with Crippen LogP contribution >= 0.6 is 11.6 Å². The molecule has 0 spiro atoms. The summed E-state index contributed by atoms with van der Waals surface area (Å²) >= 11 is 5.85. The van der Waals surface area contributed by atoms with Gasteiger partial charge in [-0.15, -0.1) is 11.6 Å². The van der Waals surface area contributed by atoms with Crippen molar-refractivity contribution in [1.29, 1.82) is 0 Å². The Morgan fingerprint density at radius 3 is 2.47 bits per heavy atom. The fourth-order valence-corrected chi connectivity index (χ4v) is 4.25. The highest BCUT2D eigenvalue weighted by Gasteiger charge is 2.30. The number of halogens is 1. The summed E-state index contributed by atoms with van der Waals surface area (Å²) in [5.74, 6) is 1.06. The van der Waals surface area contributed by atoms with E-state index in [1.54, 1.807) is 0 Å². The molecule has 102 valence electrons. The third-order valence-corrected chi connectivity index (χ3v) is 5.11. The fourth-order valence-electron chi connectivity index (χ4n) is 2.11. The van der Waals surface area contributed by atoms with Crippen molar-refractivity contribution in [2.45, 2.75) is 52.5 Å². The first-order valence-electron chi connectivity index (χ1n) is 6.29. The number of nitrogens with one attached hydrogen (secondary N) is 1. The van der Waals surface area contributed by atoms with Crippen molar-refractivity contribution in [3.63, 3.8) is 0 Å². The molecule has 0 amide bonds. The maximum Gasteiger partial charge on any atom is 0.211 e. The molecule has 0 aromatic rings. The van der Waals surface area contributed by atoms with Gasteiger partial charge >= 0.3 is 0 Å². The second-order valence-electron chi connectivity index (χ2n) is 6.20. The molecule has 5 heteroatoms. The predicted molar refractivity (Wildman–Crippen MR) is 72.8 cm³/mol. The van der Waals surface area contributed by atoms with E-state index < -0.39 is 10.0 Å². The summed E-state index contributed by atoms with van der Waals surface area (Å²) in [7, 11) is -3.15. The Kier molecular flexibility index (Phi) is 5.29. The molecule has 17 heavy (non-hydrogen) atoms. The van der Waals surface area contributed by atoms with Gasteiger partial charge in [0.25, 0.3) is 0 Å². The minimum atomic E-state index is -3.15. The van der Waals surface area contributed by atoms with Crippen LogP contribution in [-0.4, -0.2) is 26.1 Å². The van der Waals surface area contributed by atoms with Crippen LogP contribution in [0.2, 0.25) is 0 Å². The van der Waals surface area contributed by atoms with E-state index in [1.807, 2.05) is 0 Å². The van der Waals surface area contributed by atoms with E-state index in [4.69, 9.17) is 11.6 Å². The Morgan fingerprint density at radius 1 is 1.29 bits per heavy atom. The molecule has 0 aliphatic heterocycles. The first kappa shape index (κ1) is 15.3. The van der Waals surface area contributed by atoms with Crippen LogP contribution in [0.25, 0.3) is 0 Å². The molecular formula is C12H24ClNO2S. The maximum absolute atomic E-state index is 11.9. The average Bonchev–Trinajstić information content (AvgIpc) is 2.61. The predicted octanol–water partition coefficient (Wildman–Crippen LogP) is 2.75. The normalized spacial score (nSPS) is 26.4. The van der Waals surface area contributed by atoms with E-state index in [9.17, 15) is 8.42 Å². The Balaban J connectivity index is 2.49. The summed E-state index contributed by atoms with van der Waals surface area (Å²) in [6, 6.07) is 0.0532. The molecule has 2 atom stereocenters. The molecule has 1 fully saturated rings. The molecule has 2 unspecified atom stereocenters. The summed E-state index contributed by atoms with van der Waals surface area (Å²) < 4.78 is 26.7. The lowest BCUT2D eigenvalue weighted by molar-refractivity contribution is 0.394. The van der Waals surface area contributed by atoms with E-state index in [2.05, 4.69) is 25.5 Å². The van der Waals surface area contributed by atoms with E-state index in [-0.39, 0.29) is 17.2 Å². The summed E-state index contributed by atoms with van der Waals surface area (Å²) in [6.07, 6.45) is 3.71. The van der Waals surface area contributed by atoms with Crippen LogP contribution in [0.1, 0.15) is 46.5 Å². The number of rotatable bonds is 5. The van der Waals surface area contributed by atoms with Crippen LogP contribution in [0.15, 0.2) is 0 Å². The second-order valence-corrected chi connectivity index (χ2v) is 8.38. The van der Waals surface area contributed by atoms with Gasteiger partial charge in [-0.05, 0) is 30.6 Å². The summed E-state index contributed by atoms with van der Waals surface area (Å²) in [5, 5.41) is 0. The average molecular weight is 282 g/mol. The van der Waals surface area contributed by atoms with Crippen molar-refractivity contribution >= 4 is 21.6 Å².